The number of hydrogen-bond donors (Lipinski definition) is 4. The number of amides is 1. The zero-order chi connectivity index (χ0) is 19.4. The highest BCUT2D eigenvalue weighted by atomic mass is 16.2. The molecule has 27 heavy (non-hydrogen) atoms. The maximum atomic E-state index is 12.4. The summed E-state index contributed by atoms with van der Waals surface area (Å²) in [6.07, 6.45) is 0.937. The molecule has 0 bridgehead atoms. The van der Waals surface area contributed by atoms with Crippen LogP contribution in [0.3, 0.4) is 0 Å². The highest BCUT2D eigenvalue weighted by Crippen LogP contribution is 2.22. The zero-order valence-corrected chi connectivity index (χ0v) is 15.2. The van der Waals surface area contributed by atoms with Crippen molar-refractivity contribution in [1.82, 2.24) is 30.5 Å². The lowest BCUT2D eigenvalue weighted by Gasteiger charge is -2.18. The van der Waals surface area contributed by atoms with Crippen molar-refractivity contribution in [2.75, 3.05) is 0 Å². The molecular weight excluding hydrogens is 348 g/mol. The number of imidazole rings is 1. The van der Waals surface area contributed by atoms with E-state index in [1.807, 2.05) is 24.3 Å². The summed E-state index contributed by atoms with van der Waals surface area (Å²) in [7, 11) is 0. The topological polar surface area (TPSA) is 136 Å². The van der Waals surface area contributed by atoms with Gasteiger partial charge in [-0.1, -0.05) is 26.0 Å². The van der Waals surface area contributed by atoms with Crippen LogP contribution in [-0.4, -0.2) is 31.1 Å². The molecule has 142 valence electrons. The van der Waals surface area contributed by atoms with E-state index in [1.54, 1.807) is 0 Å². The van der Waals surface area contributed by atoms with Crippen LogP contribution in [0, 0.1) is 5.92 Å². The van der Waals surface area contributed by atoms with Crippen molar-refractivity contribution >= 4 is 16.9 Å². The quantitative estimate of drug-likeness (QED) is 0.495. The highest BCUT2D eigenvalue weighted by Gasteiger charge is 2.20. The minimum absolute atomic E-state index is 0.0803. The number of nitrogens with zero attached hydrogens (tertiary/aromatic N) is 2. The van der Waals surface area contributed by atoms with Crippen LogP contribution in [0.2, 0.25) is 0 Å². The lowest BCUT2D eigenvalue weighted by atomic mass is 10.0. The molecule has 0 saturated carbocycles. The second kappa shape index (κ2) is 7.98. The summed E-state index contributed by atoms with van der Waals surface area (Å²) < 4.78 is 0. The van der Waals surface area contributed by atoms with Gasteiger partial charge in [0.2, 0.25) is 5.91 Å². The number of carbonyl (C=O) groups is 1. The molecular formula is C18H22N6O3. The molecule has 0 saturated heterocycles. The van der Waals surface area contributed by atoms with Crippen LogP contribution in [0.1, 0.15) is 44.2 Å². The van der Waals surface area contributed by atoms with E-state index >= 15 is 0 Å². The SMILES string of the molecule is CC(C)C[C@H](NC(=O)CCc1n[nH]c(=O)[nH]c1=O)c1nc2ccccc2[nH]1. The van der Waals surface area contributed by atoms with Gasteiger partial charge in [0.1, 0.15) is 11.5 Å². The molecule has 0 aliphatic rings. The van der Waals surface area contributed by atoms with E-state index in [4.69, 9.17) is 0 Å². The third-order valence-electron chi connectivity index (χ3n) is 4.15. The molecule has 0 unspecified atom stereocenters. The summed E-state index contributed by atoms with van der Waals surface area (Å²) in [4.78, 5) is 45.0. The lowest BCUT2D eigenvalue weighted by Crippen LogP contribution is -2.32. The zero-order valence-electron chi connectivity index (χ0n) is 15.2. The average molecular weight is 370 g/mol. The first-order valence-electron chi connectivity index (χ1n) is 8.84. The number of aryl methyl sites for hydroxylation is 1. The van der Waals surface area contributed by atoms with Gasteiger partial charge in [-0.2, -0.15) is 5.10 Å². The van der Waals surface area contributed by atoms with Gasteiger partial charge in [-0.3, -0.25) is 14.6 Å². The van der Waals surface area contributed by atoms with Gasteiger partial charge in [0.25, 0.3) is 5.56 Å². The van der Waals surface area contributed by atoms with E-state index in [0.717, 1.165) is 17.5 Å². The van der Waals surface area contributed by atoms with Crippen LogP contribution < -0.4 is 16.6 Å². The number of hydrogen-bond acceptors (Lipinski definition) is 5. The predicted octanol–water partition coefficient (Wildman–Crippen LogP) is 1.17. The fourth-order valence-corrected chi connectivity index (χ4v) is 2.89. The van der Waals surface area contributed by atoms with Gasteiger partial charge in [-0.05, 0) is 24.5 Å². The Morgan fingerprint density at radius 3 is 2.67 bits per heavy atom. The number of aromatic amines is 3. The first kappa shape index (κ1) is 18.6. The van der Waals surface area contributed by atoms with Gasteiger partial charge in [0.05, 0.1) is 17.1 Å². The summed E-state index contributed by atoms with van der Waals surface area (Å²) in [6.45, 7) is 4.15. The van der Waals surface area contributed by atoms with Gasteiger partial charge < -0.3 is 10.3 Å². The van der Waals surface area contributed by atoms with Crippen molar-refractivity contribution in [2.45, 2.75) is 39.2 Å². The Morgan fingerprint density at radius 2 is 1.96 bits per heavy atom. The number of fused-ring (bicyclic) bond motifs is 1. The van der Waals surface area contributed by atoms with Crippen LogP contribution in [0.5, 0.6) is 0 Å². The average Bonchev–Trinajstić information content (AvgIpc) is 3.04. The molecule has 1 atom stereocenters. The Kier molecular flexibility index (Phi) is 5.49. The Hall–Kier alpha value is -3.23. The van der Waals surface area contributed by atoms with Crippen LogP contribution in [-0.2, 0) is 11.2 Å². The monoisotopic (exact) mass is 370 g/mol. The van der Waals surface area contributed by atoms with E-state index in [9.17, 15) is 14.4 Å². The second-order valence-corrected chi connectivity index (χ2v) is 6.84. The normalized spacial score (nSPS) is 12.4. The summed E-state index contributed by atoms with van der Waals surface area (Å²) in [6, 6.07) is 7.44. The molecule has 1 aromatic carbocycles. The molecule has 0 aliphatic carbocycles. The Morgan fingerprint density at radius 1 is 1.19 bits per heavy atom. The molecule has 1 amide bonds. The standard InChI is InChI=1S/C18H22N6O3/c1-10(2)9-14(16-20-11-5-3-4-6-12(11)21-16)19-15(25)8-7-13-17(26)22-18(27)24-23-13/h3-6,10,14H,7-9H2,1-2H3,(H,19,25)(H,20,21)(H2,22,24,26,27)/t14-/m0/s1. The van der Waals surface area contributed by atoms with Gasteiger partial charge in [0, 0.05) is 12.8 Å². The van der Waals surface area contributed by atoms with E-state index in [1.165, 1.54) is 0 Å². The van der Waals surface area contributed by atoms with Crippen LogP contribution in [0.25, 0.3) is 11.0 Å². The molecule has 2 aromatic heterocycles. The Balaban J connectivity index is 1.70. The minimum Gasteiger partial charge on any atom is -0.346 e. The third kappa shape index (κ3) is 4.69. The van der Waals surface area contributed by atoms with E-state index in [2.05, 4.69) is 44.3 Å². The van der Waals surface area contributed by atoms with Gasteiger partial charge in [-0.25, -0.2) is 14.9 Å². The van der Waals surface area contributed by atoms with Crippen molar-refractivity contribution in [1.29, 1.82) is 0 Å². The molecule has 0 aliphatic heterocycles. The summed E-state index contributed by atoms with van der Waals surface area (Å²) in [5, 5.41) is 8.83. The molecule has 9 nitrogen and oxygen atoms in total. The largest absolute Gasteiger partial charge is 0.346 e. The van der Waals surface area contributed by atoms with Crippen molar-refractivity contribution in [3.8, 4) is 0 Å². The third-order valence-corrected chi connectivity index (χ3v) is 4.15. The lowest BCUT2D eigenvalue weighted by molar-refractivity contribution is -0.122. The van der Waals surface area contributed by atoms with E-state index in [0.29, 0.717) is 11.7 Å². The second-order valence-electron chi connectivity index (χ2n) is 6.84. The summed E-state index contributed by atoms with van der Waals surface area (Å²) in [5.74, 6) is 0.846. The Bertz CT molecular complexity index is 1020. The van der Waals surface area contributed by atoms with Gasteiger partial charge in [0.15, 0.2) is 0 Å². The molecule has 0 spiro atoms. The van der Waals surface area contributed by atoms with Crippen LogP contribution >= 0.6 is 0 Å². The highest BCUT2D eigenvalue weighted by molar-refractivity contribution is 5.77. The molecule has 0 radical (unpaired) electrons. The fraction of sp³-hybridized carbons (Fsp3) is 0.389. The molecule has 4 N–H and O–H groups in total. The van der Waals surface area contributed by atoms with Crippen LogP contribution in [0.15, 0.2) is 33.9 Å². The maximum Gasteiger partial charge on any atom is 0.342 e. The van der Waals surface area contributed by atoms with Crippen molar-refractivity contribution in [3.63, 3.8) is 0 Å². The number of H-pyrrole nitrogens is 3. The maximum absolute atomic E-state index is 12.4. The number of rotatable bonds is 7. The number of para-hydroxylation sites is 2. The van der Waals surface area contributed by atoms with Gasteiger partial charge >= 0.3 is 5.69 Å². The van der Waals surface area contributed by atoms with Crippen molar-refractivity contribution in [3.05, 3.63) is 56.6 Å². The molecule has 0 fully saturated rings. The van der Waals surface area contributed by atoms with E-state index < -0.39 is 11.2 Å². The van der Waals surface area contributed by atoms with E-state index in [-0.39, 0.29) is 30.5 Å². The summed E-state index contributed by atoms with van der Waals surface area (Å²) >= 11 is 0. The molecule has 3 aromatic rings. The first-order chi connectivity index (χ1) is 12.9. The number of aromatic nitrogens is 5. The Labute approximate surface area is 154 Å². The number of carbonyl (C=O) groups excluding carboxylic acids is 1. The molecule has 9 heteroatoms. The number of nitrogens with one attached hydrogen (secondary N) is 4. The summed E-state index contributed by atoms with van der Waals surface area (Å²) in [5.41, 5.74) is 0.630. The predicted molar refractivity (Wildman–Crippen MR) is 100 cm³/mol. The number of benzene rings is 1. The minimum atomic E-state index is -0.671. The molecule has 3 rings (SSSR count). The smallest absolute Gasteiger partial charge is 0.342 e. The van der Waals surface area contributed by atoms with Crippen molar-refractivity contribution < 1.29 is 4.79 Å². The first-order valence-corrected chi connectivity index (χ1v) is 8.84. The van der Waals surface area contributed by atoms with Crippen molar-refractivity contribution in [2.24, 2.45) is 5.92 Å². The van der Waals surface area contributed by atoms with Gasteiger partial charge in [-0.15, -0.1) is 0 Å². The van der Waals surface area contributed by atoms with Crippen LogP contribution in [0.4, 0.5) is 0 Å². The fourth-order valence-electron chi connectivity index (χ4n) is 2.89. The molecule has 2 heterocycles.